The molecule has 1 N–H and O–H groups in total. The highest BCUT2D eigenvalue weighted by Gasteiger charge is 2.09. The first-order valence-electron chi connectivity index (χ1n) is 8.20. The van der Waals surface area contributed by atoms with Gasteiger partial charge in [-0.3, -0.25) is 9.36 Å². The summed E-state index contributed by atoms with van der Waals surface area (Å²) in [6, 6.07) is 16.7. The number of aromatic nitrogens is 3. The Labute approximate surface area is 161 Å². The summed E-state index contributed by atoms with van der Waals surface area (Å²) < 4.78 is 7.53. The maximum absolute atomic E-state index is 11.2. The lowest BCUT2D eigenvalue weighted by atomic mass is 10.2. The van der Waals surface area contributed by atoms with Crippen molar-refractivity contribution in [1.29, 1.82) is 5.26 Å². The Bertz CT molecular complexity index is 980. The van der Waals surface area contributed by atoms with Crippen LogP contribution in [0.2, 0.25) is 0 Å². The van der Waals surface area contributed by atoms with Gasteiger partial charge in [0.05, 0.1) is 17.9 Å². The van der Waals surface area contributed by atoms with Crippen LogP contribution in [-0.2, 0) is 4.79 Å². The third-order valence-electron chi connectivity index (χ3n) is 3.54. The molecule has 0 aliphatic rings. The summed E-state index contributed by atoms with van der Waals surface area (Å²) >= 11 is 1.50. The second-order valence-electron chi connectivity index (χ2n) is 5.52. The molecule has 3 aromatic rings. The van der Waals surface area contributed by atoms with Gasteiger partial charge < -0.3 is 10.1 Å². The molecule has 136 valence electrons. The van der Waals surface area contributed by atoms with Gasteiger partial charge in [-0.1, -0.05) is 30.0 Å². The number of nitrogens with zero attached hydrogens (tertiary/aromatic N) is 4. The molecule has 2 aromatic carbocycles. The first kappa shape index (κ1) is 18.5. The first-order valence-corrected chi connectivity index (χ1v) is 9.18. The zero-order valence-corrected chi connectivity index (χ0v) is 15.4. The van der Waals surface area contributed by atoms with Crippen LogP contribution in [0.15, 0.2) is 60.0 Å². The van der Waals surface area contributed by atoms with Crippen LogP contribution in [-0.4, -0.2) is 33.0 Å². The van der Waals surface area contributed by atoms with E-state index in [1.165, 1.54) is 18.7 Å². The Balaban J connectivity index is 1.62. The minimum absolute atomic E-state index is 0.125. The van der Waals surface area contributed by atoms with E-state index in [0.29, 0.717) is 34.5 Å². The first-order chi connectivity index (χ1) is 13.2. The van der Waals surface area contributed by atoms with Crippen molar-refractivity contribution in [2.24, 2.45) is 0 Å². The van der Waals surface area contributed by atoms with Gasteiger partial charge in [0.1, 0.15) is 18.1 Å². The van der Waals surface area contributed by atoms with Crippen LogP contribution in [0.4, 0.5) is 5.69 Å². The molecule has 1 heterocycles. The molecule has 0 unspecified atom stereocenters. The molecule has 27 heavy (non-hydrogen) atoms. The standard InChI is InChI=1S/C19H17N5O2S/c1-14(25)22-16-6-4-7-17(11-16)24-13-21-23-19(24)27-10-9-26-18-8-3-2-5-15(18)12-20/h2-8,11,13H,9-10H2,1H3,(H,22,25). The summed E-state index contributed by atoms with van der Waals surface area (Å²) in [7, 11) is 0. The highest BCUT2D eigenvalue weighted by atomic mass is 32.2. The van der Waals surface area contributed by atoms with E-state index in [4.69, 9.17) is 10.00 Å². The van der Waals surface area contributed by atoms with Crippen LogP contribution < -0.4 is 10.1 Å². The molecule has 7 nitrogen and oxygen atoms in total. The molecular formula is C19H17N5O2S. The van der Waals surface area contributed by atoms with Gasteiger partial charge >= 0.3 is 0 Å². The van der Waals surface area contributed by atoms with Gasteiger partial charge in [0.15, 0.2) is 5.16 Å². The smallest absolute Gasteiger partial charge is 0.221 e. The Hall–Kier alpha value is -3.31. The average Bonchev–Trinajstić information content (AvgIpc) is 3.14. The molecule has 8 heteroatoms. The Morgan fingerprint density at radius 2 is 2.15 bits per heavy atom. The Kier molecular flexibility index (Phi) is 6.07. The number of anilines is 1. The molecule has 0 fully saturated rings. The van der Waals surface area contributed by atoms with Gasteiger partial charge in [0.2, 0.25) is 5.91 Å². The van der Waals surface area contributed by atoms with Crippen molar-refractivity contribution in [2.75, 3.05) is 17.7 Å². The average molecular weight is 379 g/mol. The number of para-hydroxylation sites is 1. The fourth-order valence-electron chi connectivity index (χ4n) is 2.41. The summed E-state index contributed by atoms with van der Waals surface area (Å²) in [5, 5.41) is 20.7. The number of carbonyl (C=O) groups excluding carboxylic acids is 1. The lowest BCUT2D eigenvalue weighted by Crippen LogP contribution is -2.06. The molecule has 0 saturated carbocycles. The van der Waals surface area contributed by atoms with E-state index >= 15 is 0 Å². The quantitative estimate of drug-likeness (QED) is 0.500. The maximum atomic E-state index is 11.2. The van der Waals surface area contributed by atoms with Crippen molar-refractivity contribution in [2.45, 2.75) is 12.1 Å². The van der Waals surface area contributed by atoms with Crippen molar-refractivity contribution in [3.63, 3.8) is 0 Å². The van der Waals surface area contributed by atoms with E-state index in [9.17, 15) is 4.79 Å². The summed E-state index contributed by atoms with van der Waals surface area (Å²) in [5.74, 6) is 1.09. The largest absolute Gasteiger partial charge is 0.491 e. The number of rotatable bonds is 7. The molecule has 0 saturated heterocycles. The molecule has 0 atom stereocenters. The Morgan fingerprint density at radius 3 is 2.96 bits per heavy atom. The molecular weight excluding hydrogens is 362 g/mol. The minimum Gasteiger partial charge on any atom is -0.491 e. The molecule has 1 aromatic heterocycles. The summed E-state index contributed by atoms with van der Waals surface area (Å²) in [5.41, 5.74) is 2.08. The van der Waals surface area contributed by atoms with Gasteiger partial charge in [-0.05, 0) is 30.3 Å². The van der Waals surface area contributed by atoms with Crippen molar-refractivity contribution in [1.82, 2.24) is 14.8 Å². The number of thioether (sulfide) groups is 1. The van der Waals surface area contributed by atoms with E-state index in [1.54, 1.807) is 24.5 Å². The number of hydrogen-bond donors (Lipinski definition) is 1. The molecule has 0 bridgehead atoms. The summed E-state index contributed by atoms with van der Waals surface area (Å²) in [6.07, 6.45) is 1.63. The maximum Gasteiger partial charge on any atom is 0.221 e. The van der Waals surface area contributed by atoms with E-state index in [-0.39, 0.29) is 5.91 Å². The normalized spacial score (nSPS) is 10.2. The molecule has 0 aliphatic carbocycles. The summed E-state index contributed by atoms with van der Waals surface area (Å²) in [4.78, 5) is 11.2. The minimum atomic E-state index is -0.125. The fourth-order valence-corrected chi connectivity index (χ4v) is 3.15. The number of carbonyl (C=O) groups is 1. The van der Waals surface area contributed by atoms with Crippen LogP contribution in [0.1, 0.15) is 12.5 Å². The highest BCUT2D eigenvalue weighted by Crippen LogP contribution is 2.22. The van der Waals surface area contributed by atoms with E-state index in [1.807, 2.05) is 34.9 Å². The van der Waals surface area contributed by atoms with Gasteiger partial charge in [-0.2, -0.15) is 5.26 Å². The summed E-state index contributed by atoms with van der Waals surface area (Å²) in [6.45, 7) is 1.90. The number of benzene rings is 2. The zero-order chi connectivity index (χ0) is 19.1. The number of nitrogens with one attached hydrogen (secondary N) is 1. The molecule has 0 spiro atoms. The Morgan fingerprint density at radius 1 is 1.30 bits per heavy atom. The molecule has 0 aliphatic heterocycles. The van der Waals surface area contributed by atoms with Gasteiger partial charge in [0, 0.05) is 18.4 Å². The fraction of sp³-hybridized carbons (Fsp3) is 0.158. The van der Waals surface area contributed by atoms with Crippen molar-refractivity contribution in [3.8, 4) is 17.5 Å². The highest BCUT2D eigenvalue weighted by molar-refractivity contribution is 7.99. The van der Waals surface area contributed by atoms with Crippen LogP contribution in [0, 0.1) is 11.3 Å². The zero-order valence-electron chi connectivity index (χ0n) is 14.6. The lowest BCUT2D eigenvalue weighted by Gasteiger charge is -2.09. The van der Waals surface area contributed by atoms with Gasteiger partial charge in [0.25, 0.3) is 0 Å². The number of nitriles is 1. The van der Waals surface area contributed by atoms with Crippen molar-refractivity contribution in [3.05, 3.63) is 60.4 Å². The van der Waals surface area contributed by atoms with Crippen molar-refractivity contribution >= 4 is 23.4 Å². The third-order valence-corrected chi connectivity index (χ3v) is 4.45. The lowest BCUT2D eigenvalue weighted by molar-refractivity contribution is -0.114. The number of ether oxygens (including phenoxy) is 1. The SMILES string of the molecule is CC(=O)Nc1cccc(-n2cnnc2SCCOc2ccccc2C#N)c1. The molecule has 1 amide bonds. The molecule has 0 radical (unpaired) electrons. The van der Waals surface area contributed by atoms with Gasteiger partial charge in [-0.25, -0.2) is 0 Å². The topological polar surface area (TPSA) is 92.8 Å². The van der Waals surface area contributed by atoms with Crippen LogP contribution in [0.3, 0.4) is 0 Å². The van der Waals surface area contributed by atoms with Crippen LogP contribution in [0.5, 0.6) is 5.75 Å². The second kappa shape index (κ2) is 8.87. The van der Waals surface area contributed by atoms with Crippen LogP contribution in [0.25, 0.3) is 5.69 Å². The van der Waals surface area contributed by atoms with Crippen LogP contribution >= 0.6 is 11.8 Å². The second-order valence-corrected chi connectivity index (χ2v) is 6.58. The third kappa shape index (κ3) is 4.86. The monoisotopic (exact) mass is 379 g/mol. The number of amides is 1. The number of hydrogen-bond acceptors (Lipinski definition) is 6. The van der Waals surface area contributed by atoms with E-state index in [2.05, 4.69) is 21.6 Å². The van der Waals surface area contributed by atoms with Gasteiger partial charge in [-0.15, -0.1) is 10.2 Å². The predicted octanol–water partition coefficient (Wildman–Crippen LogP) is 3.27. The molecule has 3 rings (SSSR count). The van der Waals surface area contributed by atoms with E-state index < -0.39 is 0 Å². The van der Waals surface area contributed by atoms with Crippen molar-refractivity contribution < 1.29 is 9.53 Å². The predicted molar refractivity (Wildman–Crippen MR) is 103 cm³/mol. The van der Waals surface area contributed by atoms with E-state index in [0.717, 1.165) is 5.69 Å².